The van der Waals surface area contributed by atoms with Crippen molar-refractivity contribution in [1.29, 1.82) is 0 Å². The van der Waals surface area contributed by atoms with Crippen LogP contribution in [0, 0.1) is 6.92 Å². The molecule has 1 N–H and O–H groups in total. The van der Waals surface area contributed by atoms with Gasteiger partial charge in [0.15, 0.2) is 6.61 Å². The maximum absolute atomic E-state index is 12.5. The number of amides is 1. The van der Waals surface area contributed by atoms with Crippen LogP contribution in [0.1, 0.15) is 21.5 Å². The van der Waals surface area contributed by atoms with Crippen molar-refractivity contribution >= 4 is 34.0 Å². The molecular weight excluding hydrogens is 520 g/mol. The van der Waals surface area contributed by atoms with Crippen LogP contribution in [0.4, 0.5) is 0 Å². The summed E-state index contributed by atoms with van der Waals surface area (Å²) in [5, 5.41) is 3.98. The normalized spacial score (nSPS) is 10.7. The highest BCUT2D eigenvalue weighted by atomic mass is 79.9. The number of aryl methyl sites for hydroxylation is 1. The van der Waals surface area contributed by atoms with Crippen LogP contribution in [0.15, 0.2) is 107 Å². The molecule has 0 fully saturated rings. The first-order valence-electron chi connectivity index (χ1n) is 11.2. The van der Waals surface area contributed by atoms with Crippen molar-refractivity contribution in [2.45, 2.75) is 6.92 Å². The lowest BCUT2D eigenvalue weighted by molar-refractivity contribution is -0.123. The Morgan fingerprint density at radius 3 is 2.31 bits per heavy atom. The van der Waals surface area contributed by atoms with Gasteiger partial charge in [-0.3, -0.25) is 4.79 Å². The van der Waals surface area contributed by atoms with Gasteiger partial charge >= 0.3 is 5.97 Å². The molecule has 7 heteroatoms. The van der Waals surface area contributed by atoms with E-state index in [0.29, 0.717) is 22.6 Å². The van der Waals surface area contributed by atoms with Gasteiger partial charge in [0.05, 0.1) is 11.8 Å². The van der Waals surface area contributed by atoms with Crippen molar-refractivity contribution in [2.75, 3.05) is 6.61 Å². The van der Waals surface area contributed by atoms with Gasteiger partial charge in [-0.25, -0.2) is 10.2 Å². The van der Waals surface area contributed by atoms with Gasteiger partial charge in [0.1, 0.15) is 11.5 Å². The Morgan fingerprint density at radius 2 is 1.58 bits per heavy atom. The number of esters is 1. The van der Waals surface area contributed by atoms with E-state index in [-0.39, 0.29) is 6.61 Å². The summed E-state index contributed by atoms with van der Waals surface area (Å²) in [7, 11) is 0. The van der Waals surface area contributed by atoms with Crippen molar-refractivity contribution < 1.29 is 19.1 Å². The highest BCUT2D eigenvalue weighted by Gasteiger charge is 2.12. The molecule has 0 heterocycles. The highest BCUT2D eigenvalue weighted by Crippen LogP contribution is 2.24. The monoisotopic (exact) mass is 542 g/mol. The molecule has 0 spiro atoms. The molecule has 0 radical (unpaired) electrons. The summed E-state index contributed by atoms with van der Waals surface area (Å²) in [6.45, 7) is 1.75. The number of carbonyl (C=O) groups excluding carboxylic acids is 2. The maximum Gasteiger partial charge on any atom is 0.343 e. The predicted molar refractivity (Wildman–Crippen MR) is 143 cm³/mol. The van der Waals surface area contributed by atoms with E-state index in [4.69, 9.17) is 9.47 Å². The molecule has 4 rings (SSSR count). The van der Waals surface area contributed by atoms with Crippen molar-refractivity contribution in [3.05, 3.63) is 118 Å². The Hall–Kier alpha value is -4.23. The van der Waals surface area contributed by atoms with Crippen LogP contribution < -0.4 is 14.9 Å². The molecule has 1 amide bonds. The van der Waals surface area contributed by atoms with Crippen LogP contribution in [-0.4, -0.2) is 24.7 Å². The average Bonchev–Trinajstić information content (AvgIpc) is 2.90. The number of hydrogen-bond acceptors (Lipinski definition) is 5. The molecule has 0 unspecified atom stereocenters. The number of halogens is 1. The van der Waals surface area contributed by atoms with Gasteiger partial charge in [0, 0.05) is 10.0 Å². The average molecular weight is 543 g/mol. The first-order valence-corrected chi connectivity index (χ1v) is 12.0. The molecule has 0 aliphatic rings. The van der Waals surface area contributed by atoms with E-state index in [1.54, 1.807) is 30.3 Å². The summed E-state index contributed by atoms with van der Waals surface area (Å²) >= 11 is 3.40. The standard InChI is InChI=1S/C29H23BrN2O4/c1-20-7-9-23(10-8-20)29(34)36-27-16-13-25(30)17-24(27)18-31-32-28(33)19-35-26-14-11-22(12-15-26)21-5-3-2-4-6-21/h2-18H,19H2,1H3,(H,32,33)/b31-18+. The second-order valence-corrected chi connectivity index (χ2v) is 8.83. The Morgan fingerprint density at radius 1 is 0.889 bits per heavy atom. The number of nitrogens with zero attached hydrogens (tertiary/aromatic N) is 1. The zero-order valence-electron chi connectivity index (χ0n) is 19.5. The number of ether oxygens (including phenoxy) is 2. The van der Waals surface area contributed by atoms with Gasteiger partial charge in [0.25, 0.3) is 5.91 Å². The van der Waals surface area contributed by atoms with Crippen LogP contribution in [-0.2, 0) is 4.79 Å². The van der Waals surface area contributed by atoms with Gasteiger partial charge in [-0.05, 0) is 60.5 Å². The molecule has 0 aliphatic heterocycles. The van der Waals surface area contributed by atoms with Crippen LogP contribution in [0.5, 0.6) is 11.5 Å². The summed E-state index contributed by atoms with van der Waals surface area (Å²) in [6, 6.07) is 29.7. The Bertz CT molecular complexity index is 1370. The van der Waals surface area contributed by atoms with Crippen molar-refractivity contribution in [1.82, 2.24) is 5.43 Å². The lowest BCUT2D eigenvalue weighted by Gasteiger charge is -2.09. The van der Waals surface area contributed by atoms with Crippen molar-refractivity contribution in [3.8, 4) is 22.6 Å². The van der Waals surface area contributed by atoms with Crippen LogP contribution >= 0.6 is 15.9 Å². The number of benzene rings is 4. The molecule has 0 bridgehead atoms. The smallest absolute Gasteiger partial charge is 0.343 e. The van der Waals surface area contributed by atoms with E-state index in [9.17, 15) is 9.59 Å². The van der Waals surface area contributed by atoms with Crippen LogP contribution in [0.2, 0.25) is 0 Å². The van der Waals surface area contributed by atoms with Crippen LogP contribution in [0.3, 0.4) is 0 Å². The first-order chi connectivity index (χ1) is 17.5. The second kappa shape index (κ2) is 12.0. The number of nitrogens with one attached hydrogen (secondary N) is 1. The van der Waals surface area contributed by atoms with Gasteiger partial charge in [0.2, 0.25) is 0 Å². The number of carbonyl (C=O) groups is 2. The molecule has 180 valence electrons. The molecule has 36 heavy (non-hydrogen) atoms. The lowest BCUT2D eigenvalue weighted by atomic mass is 10.1. The summed E-state index contributed by atoms with van der Waals surface area (Å²) < 4.78 is 11.9. The molecule has 0 saturated carbocycles. The van der Waals surface area contributed by atoms with E-state index in [0.717, 1.165) is 21.2 Å². The number of hydrazone groups is 1. The zero-order valence-corrected chi connectivity index (χ0v) is 21.1. The summed E-state index contributed by atoms with van der Waals surface area (Å²) in [5.41, 5.74) is 6.59. The van der Waals surface area contributed by atoms with Gasteiger partial charge in [-0.1, -0.05) is 76.1 Å². The second-order valence-electron chi connectivity index (χ2n) is 7.91. The van der Waals surface area contributed by atoms with E-state index >= 15 is 0 Å². The molecule has 4 aromatic rings. The third kappa shape index (κ3) is 6.90. The highest BCUT2D eigenvalue weighted by molar-refractivity contribution is 9.10. The van der Waals surface area contributed by atoms with E-state index < -0.39 is 11.9 Å². The number of rotatable bonds is 8. The minimum atomic E-state index is -0.484. The lowest BCUT2D eigenvalue weighted by Crippen LogP contribution is -2.24. The van der Waals surface area contributed by atoms with Crippen LogP contribution in [0.25, 0.3) is 11.1 Å². The van der Waals surface area contributed by atoms with Crippen molar-refractivity contribution in [2.24, 2.45) is 5.10 Å². The molecule has 0 atom stereocenters. The van der Waals surface area contributed by atoms with Crippen molar-refractivity contribution in [3.63, 3.8) is 0 Å². The Balaban J connectivity index is 1.32. The molecular formula is C29H23BrN2O4. The Kier molecular flexibility index (Phi) is 8.26. The summed E-state index contributed by atoms with van der Waals surface area (Å²) in [4.78, 5) is 24.7. The molecule has 0 aliphatic carbocycles. The molecule has 4 aromatic carbocycles. The quantitative estimate of drug-likeness (QED) is 0.125. The minimum absolute atomic E-state index is 0.199. The Labute approximate surface area is 217 Å². The first kappa shape index (κ1) is 24.9. The van der Waals surface area contributed by atoms with E-state index in [1.807, 2.05) is 73.7 Å². The molecule has 0 saturated heterocycles. The summed E-state index contributed by atoms with van der Waals surface area (Å²) in [5.74, 6) is -0.0168. The summed E-state index contributed by atoms with van der Waals surface area (Å²) in [6.07, 6.45) is 1.41. The van der Waals surface area contributed by atoms with E-state index in [2.05, 4.69) is 26.5 Å². The third-order valence-electron chi connectivity index (χ3n) is 5.19. The largest absolute Gasteiger partial charge is 0.484 e. The van der Waals surface area contributed by atoms with E-state index in [1.165, 1.54) is 6.21 Å². The fourth-order valence-corrected chi connectivity index (χ4v) is 3.67. The fraction of sp³-hybridized carbons (Fsp3) is 0.0690. The SMILES string of the molecule is Cc1ccc(C(=O)Oc2ccc(Br)cc2/C=N/NC(=O)COc2ccc(-c3ccccc3)cc2)cc1. The minimum Gasteiger partial charge on any atom is -0.484 e. The zero-order chi connectivity index (χ0) is 25.3. The van der Waals surface area contributed by atoms with Gasteiger partial charge in [-0.15, -0.1) is 0 Å². The maximum atomic E-state index is 12.5. The molecule has 0 aromatic heterocycles. The van der Waals surface area contributed by atoms with Gasteiger partial charge in [-0.2, -0.15) is 5.10 Å². The topological polar surface area (TPSA) is 77.0 Å². The fourth-order valence-electron chi connectivity index (χ4n) is 3.29. The molecule has 6 nitrogen and oxygen atoms in total. The van der Waals surface area contributed by atoms with Gasteiger partial charge < -0.3 is 9.47 Å². The predicted octanol–water partition coefficient (Wildman–Crippen LogP) is 6.17. The number of hydrogen-bond donors (Lipinski definition) is 1. The third-order valence-corrected chi connectivity index (χ3v) is 5.68.